The first-order valence-corrected chi connectivity index (χ1v) is 13.5. The second kappa shape index (κ2) is 10.5. The lowest BCUT2D eigenvalue weighted by atomic mass is 9.91. The Bertz CT molecular complexity index is 1520. The third-order valence-electron chi connectivity index (χ3n) is 8.14. The summed E-state index contributed by atoms with van der Waals surface area (Å²) in [5.41, 5.74) is 4.56. The zero-order chi connectivity index (χ0) is 27.8. The maximum atomic E-state index is 13.6. The van der Waals surface area contributed by atoms with Crippen LogP contribution < -0.4 is 19.9 Å². The lowest BCUT2D eigenvalue weighted by Crippen LogP contribution is -2.53. The lowest BCUT2D eigenvalue weighted by Gasteiger charge is -2.42. The number of amides is 3. The van der Waals surface area contributed by atoms with Crippen LogP contribution in [0.5, 0.6) is 5.75 Å². The summed E-state index contributed by atoms with van der Waals surface area (Å²) >= 11 is 0. The molecule has 2 atom stereocenters. The Kier molecular flexibility index (Phi) is 6.76. The van der Waals surface area contributed by atoms with Crippen molar-refractivity contribution in [2.24, 2.45) is 5.92 Å². The number of benzene rings is 2. The van der Waals surface area contributed by atoms with Crippen molar-refractivity contribution >= 4 is 29.0 Å². The molecule has 3 amide bonds. The monoisotopic (exact) mass is 539 g/mol. The van der Waals surface area contributed by atoms with Crippen LogP contribution in [0.3, 0.4) is 0 Å². The smallest absolute Gasteiger partial charge is 0.322 e. The normalized spacial score (nSPS) is 20.2. The molecule has 0 bridgehead atoms. The average Bonchev–Trinajstić information content (AvgIpc) is 3.32. The third kappa shape index (κ3) is 4.70. The summed E-state index contributed by atoms with van der Waals surface area (Å²) in [5, 5.41) is 3.04. The van der Waals surface area contributed by atoms with Gasteiger partial charge in [-0.15, -0.1) is 6.42 Å². The molecule has 0 aliphatic carbocycles. The molecule has 4 heterocycles. The van der Waals surface area contributed by atoms with E-state index in [4.69, 9.17) is 11.2 Å². The van der Waals surface area contributed by atoms with Gasteiger partial charge in [0, 0.05) is 49.4 Å². The van der Waals surface area contributed by atoms with Crippen LogP contribution in [-0.2, 0) is 12.8 Å². The molecule has 1 aromatic heterocycles. The molecule has 40 heavy (non-hydrogen) atoms. The number of methoxy groups -OCH3 is 1. The first-order chi connectivity index (χ1) is 19.4. The van der Waals surface area contributed by atoms with Crippen LogP contribution in [0.2, 0.25) is 0 Å². The van der Waals surface area contributed by atoms with Crippen molar-refractivity contribution in [3.8, 4) is 18.1 Å². The van der Waals surface area contributed by atoms with E-state index in [1.165, 1.54) is 12.1 Å². The van der Waals surface area contributed by atoms with Gasteiger partial charge in [-0.25, -0.2) is 9.18 Å². The summed E-state index contributed by atoms with van der Waals surface area (Å²) in [7, 11) is 1.63. The number of carbonyl (C=O) groups is 2. The summed E-state index contributed by atoms with van der Waals surface area (Å²) in [6.07, 6.45) is 9.65. The number of nitrogens with one attached hydrogen (secondary N) is 1. The number of hydrogen-bond donors (Lipinski definition) is 1. The molecule has 0 saturated carbocycles. The number of anilines is 3. The lowest BCUT2D eigenvalue weighted by molar-refractivity contribution is 0.0984. The number of carbonyl (C=O) groups excluding carboxylic acids is 2. The second-order valence-corrected chi connectivity index (χ2v) is 10.4. The zero-order valence-corrected chi connectivity index (χ0v) is 22.3. The summed E-state index contributed by atoms with van der Waals surface area (Å²) in [5.74, 6) is 2.97. The molecule has 3 aliphatic heterocycles. The number of fused-ring (bicyclic) bond motifs is 2. The highest BCUT2D eigenvalue weighted by Gasteiger charge is 2.36. The molecular formula is C31H30FN5O3. The van der Waals surface area contributed by atoms with Crippen LogP contribution >= 0.6 is 0 Å². The van der Waals surface area contributed by atoms with Gasteiger partial charge in [0.25, 0.3) is 5.91 Å². The highest BCUT2D eigenvalue weighted by Crippen LogP contribution is 2.32. The van der Waals surface area contributed by atoms with Crippen molar-refractivity contribution in [2.75, 3.05) is 48.4 Å². The molecule has 1 saturated heterocycles. The molecule has 0 radical (unpaired) electrons. The Labute approximate surface area is 232 Å². The van der Waals surface area contributed by atoms with Crippen LogP contribution in [-0.4, -0.2) is 61.2 Å². The number of pyridine rings is 1. The molecule has 0 spiro atoms. The van der Waals surface area contributed by atoms with Gasteiger partial charge in [-0.1, -0.05) is 5.92 Å². The van der Waals surface area contributed by atoms with Gasteiger partial charge in [-0.2, -0.15) is 0 Å². The van der Waals surface area contributed by atoms with Crippen molar-refractivity contribution in [3.63, 3.8) is 0 Å². The van der Waals surface area contributed by atoms with Gasteiger partial charge in [0.05, 0.1) is 19.1 Å². The van der Waals surface area contributed by atoms with E-state index in [-0.39, 0.29) is 29.7 Å². The van der Waals surface area contributed by atoms with Crippen LogP contribution in [0.15, 0.2) is 54.7 Å². The molecule has 8 nitrogen and oxygen atoms in total. The number of ether oxygens (including phenoxy) is 1. The first kappa shape index (κ1) is 25.7. The molecule has 2 aromatic carbocycles. The average molecular weight is 540 g/mol. The Morgan fingerprint density at radius 2 is 1.95 bits per heavy atom. The minimum absolute atomic E-state index is 0.109. The number of urea groups is 1. The number of hydrogen-bond acceptors (Lipinski definition) is 5. The summed E-state index contributed by atoms with van der Waals surface area (Å²) in [4.78, 5) is 36.6. The first-order valence-electron chi connectivity index (χ1n) is 13.5. The van der Waals surface area contributed by atoms with E-state index >= 15 is 0 Å². The standard InChI is InChI=1S/C31H30FN5O3/c1-3-20-19-35(13-11-29(20)37-15-9-21-17-25(40-2)5-6-26(21)34-31(37)39)24-8-12-33-27(18-24)30(38)36-14-10-22-16-23(32)4-7-28(22)36/h1,4-8,12,16-18,20,29H,9-11,13-15,19H2,2H3,(H,34,39). The number of aromatic nitrogens is 1. The second-order valence-electron chi connectivity index (χ2n) is 10.4. The van der Waals surface area contributed by atoms with Gasteiger partial charge in [0.15, 0.2) is 0 Å². The van der Waals surface area contributed by atoms with E-state index in [0.29, 0.717) is 51.1 Å². The van der Waals surface area contributed by atoms with E-state index in [2.05, 4.69) is 21.1 Å². The van der Waals surface area contributed by atoms with E-state index in [9.17, 15) is 14.0 Å². The number of terminal acetylenes is 1. The Morgan fingerprint density at radius 3 is 2.77 bits per heavy atom. The van der Waals surface area contributed by atoms with Crippen molar-refractivity contribution in [2.45, 2.75) is 25.3 Å². The predicted molar refractivity (Wildman–Crippen MR) is 151 cm³/mol. The number of nitrogens with zero attached hydrogens (tertiary/aromatic N) is 4. The van der Waals surface area contributed by atoms with Gasteiger partial charge in [-0.05, 0) is 78.9 Å². The summed E-state index contributed by atoms with van der Waals surface area (Å²) in [6, 6.07) is 13.6. The van der Waals surface area contributed by atoms with E-state index in [0.717, 1.165) is 33.9 Å². The van der Waals surface area contributed by atoms with Crippen molar-refractivity contribution in [1.29, 1.82) is 0 Å². The molecule has 204 valence electrons. The summed E-state index contributed by atoms with van der Waals surface area (Å²) in [6.45, 7) is 2.28. The molecule has 2 unspecified atom stereocenters. The maximum absolute atomic E-state index is 13.6. The Hall–Kier alpha value is -4.58. The van der Waals surface area contributed by atoms with Crippen molar-refractivity contribution < 1.29 is 18.7 Å². The zero-order valence-electron chi connectivity index (χ0n) is 22.3. The van der Waals surface area contributed by atoms with E-state index < -0.39 is 0 Å². The van der Waals surface area contributed by atoms with Crippen LogP contribution in [0.1, 0.15) is 28.0 Å². The SMILES string of the molecule is C#CC1CN(c2ccnc(C(=O)N3CCc4cc(F)ccc43)c2)CCC1N1CCc2cc(OC)ccc2NC1=O. The Balaban J connectivity index is 1.16. The molecule has 3 aliphatic rings. The molecule has 3 aromatic rings. The van der Waals surface area contributed by atoms with Gasteiger partial charge in [-0.3, -0.25) is 9.78 Å². The minimum Gasteiger partial charge on any atom is -0.497 e. The largest absolute Gasteiger partial charge is 0.497 e. The fourth-order valence-electron chi connectivity index (χ4n) is 6.04. The van der Waals surface area contributed by atoms with E-state index in [1.54, 1.807) is 30.3 Å². The fourth-order valence-corrected chi connectivity index (χ4v) is 6.04. The fraction of sp³-hybridized carbons (Fsp3) is 0.323. The highest BCUT2D eigenvalue weighted by molar-refractivity contribution is 6.06. The predicted octanol–water partition coefficient (Wildman–Crippen LogP) is 4.35. The van der Waals surface area contributed by atoms with Gasteiger partial charge in [0.2, 0.25) is 0 Å². The molecule has 1 fully saturated rings. The number of halogens is 1. The topological polar surface area (TPSA) is 78.0 Å². The molecular weight excluding hydrogens is 509 g/mol. The highest BCUT2D eigenvalue weighted by atomic mass is 19.1. The van der Waals surface area contributed by atoms with E-state index in [1.807, 2.05) is 29.2 Å². The molecule has 1 N–H and O–H groups in total. The molecule has 9 heteroatoms. The van der Waals surface area contributed by atoms with Crippen molar-refractivity contribution in [1.82, 2.24) is 9.88 Å². The maximum Gasteiger partial charge on any atom is 0.322 e. The quantitative estimate of drug-likeness (QED) is 0.499. The van der Waals surface area contributed by atoms with Crippen LogP contribution in [0.4, 0.5) is 26.2 Å². The van der Waals surface area contributed by atoms with Gasteiger partial charge < -0.3 is 24.8 Å². The number of piperidine rings is 1. The van der Waals surface area contributed by atoms with Crippen LogP contribution in [0.25, 0.3) is 0 Å². The van der Waals surface area contributed by atoms with Gasteiger partial charge >= 0.3 is 6.03 Å². The molecule has 6 rings (SSSR count). The van der Waals surface area contributed by atoms with Gasteiger partial charge in [0.1, 0.15) is 17.3 Å². The number of rotatable bonds is 4. The van der Waals surface area contributed by atoms with Crippen LogP contribution in [0, 0.1) is 24.1 Å². The van der Waals surface area contributed by atoms with Crippen molar-refractivity contribution in [3.05, 3.63) is 77.4 Å². The third-order valence-corrected chi connectivity index (χ3v) is 8.14. The minimum atomic E-state index is -0.304. The summed E-state index contributed by atoms with van der Waals surface area (Å²) < 4.78 is 19.0. The Morgan fingerprint density at radius 1 is 1.10 bits per heavy atom.